The highest BCUT2D eigenvalue weighted by Crippen LogP contribution is 2.38. The summed E-state index contributed by atoms with van der Waals surface area (Å²) in [6, 6.07) is 17.8. The summed E-state index contributed by atoms with van der Waals surface area (Å²) in [5, 5.41) is 3.39. The van der Waals surface area contributed by atoms with Crippen LogP contribution in [0.5, 0.6) is 11.5 Å². The molecule has 0 saturated carbocycles. The summed E-state index contributed by atoms with van der Waals surface area (Å²) in [6.45, 7) is 2.06. The second-order valence-electron chi connectivity index (χ2n) is 6.61. The number of carbonyl (C=O) groups excluding carboxylic acids is 1. The SMILES string of the molecule is CC1=CC(c2ccc(Oc3ccccc3)cc2)C2=C(CCCC2=O)N1. The molecule has 2 aromatic carbocycles. The largest absolute Gasteiger partial charge is 0.457 e. The van der Waals surface area contributed by atoms with E-state index in [4.69, 9.17) is 4.74 Å². The second kappa shape index (κ2) is 6.60. The zero-order valence-electron chi connectivity index (χ0n) is 14.3. The van der Waals surface area contributed by atoms with Gasteiger partial charge < -0.3 is 10.1 Å². The van der Waals surface area contributed by atoms with E-state index in [0.717, 1.165) is 46.9 Å². The maximum Gasteiger partial charge on any atom is 0.161 e. The number of hydrogen-bond donors (Lipinski definition) is 1. The summed E-state index contributed by atoms with van der Waals surface area (Å²) < 4.78 is 5.86. The molecule has 1 unspecified atom stereocenters. The highest BCUT2D eigenvalue weighted by molar-refractivity contribution is 5.99. The van der Waals surface area contributed by atoms with Crippen molar-refractivity contribution in [1.29, 1.82) is 0 Å². The third-order valence-electron chi connectivity index (χ3n) is 4.75. The van der Waals surface area contributed by atoms with Crippen LogP contribution >= 0.6 is 0 Å². The lowest BCUT2D eigenvalue weighted by molar-refractivity contribution is -0.116. The molecule has 0 spiro atoms. The van der Waals surface area contributed by atoms with Crippen molar-refractivity contribution in [2.75, 3.05) is 0 Å². The molecule has 126 valence electrons. The monoisotopic (exact) mass is 331 g/mol. The van der Waals surface area contributed by atoms with Crippen molar-refractivity contribution >= 4 is 5.78 Å². The van der Waals surface area contributed by atoms with Gasteiger partial charge >= 0.3 is 0 Å². The zero-order valence-corrected chi connectivity index (χ0v) is 14.3. The third kappa shape index (κ3) is 3.22. The van der Waals surface area contributed by atoms with Crippen LogP contribution in [0.25, 0.3) is 0 Å². The third-order valence-corrected chi connectivity index (χ3v) is 4.75. The van der Waals surface area contributed by atoms with Gasteiger partial charge in [-0.05, 0) is 49.6 Å². The van der Waals surface area contributed by atoms with Gasteiger partial charge in [0.05, 0.1) is 0 Å². The molecule has 0 aromatic heterocycles. The van der Waals surface area contributed by atoms with Gasteiger partial charge in [0.1, 0.15) is 11.5 Å². The van der Waals surface area contributed by atoms with Crippen LogP contribution in [-0.2, 0) is 4.79 Å². The fourth-order valence-electron chi connectivity index (χ4n) is 3.60. The predicted octanol–water partition coefficient (Wildman–Crippen LogP) is 5.08. The molecule has 0 fully saturated rings. The topological polar surface area (TPSA) is 38.3 Å². The van der Waals surface area contributed by atoms with Crippen molar-refractivity contribution in [2.24, 2.45) is 0 Å². The van der Waals surface area contributed by atoms with Gasteiger partial charge in [-0.3, -0.25) is 4.79 Å². The Balaban J connectivity index is 1.61. The number of para-hydroxylation sites is 1. The van der Waals surface area contributed by atoms with Crippen LogP contribution in [0, 0.1) is 0 Å². The van der Waals surface area contributed by atoms with E-state index in [2.05, 4.69) is 30.4 Å². The summed E-state index contributed by atoms with van der Waals surface area (Å²) in [7, 11) is 0. The van der Waals surface area contributed by atoms with Crippen LogP contribution < -0.4 is 10.1 Å². The lowest BCUT2D eigenvalue weighted by Gasteiger charge is -2.30. The zero-order chi connectivity index (χ0) is 17.2. The molecule has 2 aromatic rings. The summed E-state index contributed by atoms with van der Waals surface area (Å²) in [5.74, 6) is 1.93. The molecule has 4 rings (SSSR count). The Labute approximate surface area is 148 Å². The molecule has 1 atom stereocenters. The maximum atomic E-state index is 12.5. The molecule has 1 aliphatic heterocycles. The van der Waals surface area contributed by atoms with Gasteiger partial charge in [0.15, 0.2) is 5.78 Å². The number of benzene rings is 2. The Morgan fingerprint density at radius 1 is 0.960 bits per heavy atom. The van der Waals surface area contributed by atoms with Gasteiger partial charge in [0, 0.05) is 29.3 Å². The first-order valence-electron chi connectivity index (χ1n) is 8.75. The summed E-state index contributed by atoms with van der Waals surface area (Å²) in [5.41, 5.74) is 4.28. The molecule has 25 heavy (non-hydrogen) atoms. The standard InChI is InChI=1S/C22H21NO2/c1-15-14-19(22-20(23-15)8-5-9-21(22)24)16-10-12-18(13-11-16)25-17-6-3-2-4-7-17/h2-4,6-7,10-14,19,23H,5,8-9H2,1H3. The lowest BCUT2D eigenvalue weighted by atomic mass is 9.80. The number of ketones is 1. The van der Waals surface area contributed by atoms with Gasteiger partial charge in [0.2, 0.25) is 0 Å². The fraction of sp³-hybridized carbons (Fsp3) is 0.227. The van der Waals surface area contributed by atoms with Crippen molar-refractivity contribution in [3.05, 3.63) is 83.2 Å². The molecular formula is C22H21NO2. The van der Waals surface area contributed by atoms with Gasteiger partial charge in [0.25, 0.3) is 0 Å². The number of hydrogen-bond acceptors (Lipinski definition) is 3. The van der Waals surface area contributed by atoms with Crippen molar-refractivity contribution in [1.82, 2.24) is 5.32 Å². The molecule has 3 heteroatoms. The first-order chi connectivity index (χ1) is 12.2. The van der Waals surface area contributed by atoms with Gasteiger partial charge in [-0.2, -0.15) is 0 Å². The van der Waals surface area contributed by atoms with Gasteiger partial charge in [-0.15, -0.1) is 0 Å². The lowest BCUT2D eigenvalue weighted by Crippen LogP contribution is -2.28. The number of allylic oxidation sites excluding steroid dienone is 4. The first-order valence-corrected chi connectivity index (χ1v) is 8.75. The molecule has 1 N–H and O–H groups in total. The molecule has 1 aliphatic carbocycles. The number of nitrogens with one attached hydrogen (secondary N) is 1. The van der Waals surface area contributed by atoms with Crippen molar-refractivity contribution < 1.29 is 9.53 Å². The van der Waals surface area contributed by atoms with Gasteiger partial charge in [-0.1, -0.05) is 36.4 Å². The number of Topliss-reactive ketones (excluding diaryl/α,β-unsaturated/α-hetero) is 1. The van der Waals surface area contributed by atoms with E-state index >= 15 is 0 Å². The Morgan fingerprint density at radius 3 is 2.44 bits per heavy atom. The van der Waals surface area contributed by atoms with E-state index in [1.54, 1.807) is 0 Å². The van der Waals surface area contributed by atoms with Crippen LogP contribution in [0.3, 0.4) is 0 Å². The minimum atomic E-state index is 0.0369. The quantitative estimate of drug-likeness (QED) is 0.852. The average Bonchev–Trinajstić information content (AvgIpc) is 2.62. The summed E-state index contributed by atoms with van der Waals surface area (Å²) in [4.78, 5) is 12.5. The molecule has 0 bridgehead atoms. The van der Waals surface area contributed by atoms with E-state index < -0.39 is 0 Å². The van der Waals surface area contributed by atoms with E-state index in [0.29, 0.717) is 6.42 Å². The molecule has 0 amide bonds. The van der Waals surface area contributed by atoms with Crippen LogP contribution in [0.1, 0.15) is 37.7 Å². The number of carbonyl (C=O) groups is 1. The van der Waals surface area contributed by atoms with Crippen LogP contribution in [-0.4, -0.2) is 5.78 Å². The molecule has 0 saturated heterocycles. The molecule has 3 nitrogen and oxygen atoms in total. The Bertz CT molecular complexity index is 847. The number of ether oxygens (including phenoxy) is 1. The highest BCUT2D eigenvalue weighted by atomic mass is 16.5. The summed E-state index contributed by atoms with van der Waals surface area (Å²) in [6.07, 6.45) is 4.70. The number of dihydropyridines is 1. The van der Waals surface area contributed by atoms with Crippen molar-refractivity contribution in [2.45, 2.75) is 32.1 Å². The van der Waals surface area contributed by atoms with Crippen molar-refractivity contribution in [3.63, 3.8) is 0 Å². The molecule has 2 aliphatic rings. The smallest absolute Gasteiger partial charge is 0.161 e. The Morgan fingerprint density at radius 2 is 1.68 bits per heavy atom. The minimum absolute atomic E-state index is 0.0369. The predicted molar refractivity (Wildman–Crippen MR) is 98.5 cm³/mol. The number of rotatable bonds is 3. The van der Waals surface area contributed by atoms with Crippen LogP contribution in [0.4, 0.5) is 0 Å². The van der Waals surface area contributed by atoms with E-state index in [9.17, 15) is 4.79 Å². The van der Waals surface area contributed by atoms with Gasteiger partial charge in [-0.25, -0.2) is 0 Å². The first kappa shape index (κ1) is 15.7. The minimum Gasteiger partial charge on any atom is -0.457 e. The van der Waals surface area contributed by atoms with E-state index in [-0.39, 0.29) is 11.7 Å². The molecule has 0 radical (unpaired) electrons. The Kier molecular flexibility index (Phi) is 4.14. The average molecular weight is 331 g/mol. The van der Waals surface area contributed by atoms with E-state index in [1.807, 2.05) is 42.5 Å². The molecular weight excluding hydrogens is 310 g/mol. The maximum absolute atomic E-state index is 12.5. The summed E-state index contributed by atoms with van der Waals surface area (Å²) >= 11 is 0. The second-order valence-corrected chi connectivity index (χ2v) is 6.61. The highest BCUT2D eigenvalue weighted by Gasteiger charge is 2.30. The normalized spacial score (nSPS) is 19.8. The van der Waals surface area contributed by atoms with E-state index in [1.165, 1.54) is 0 Å². The fourth-order valence-corrected chi connectivity index (χ4v) is 3.60. The van der Waals surface area contributed by atoms with Crippen LogP contribution in [0.2, 0.25) is 0 Å². The van der Waals surface area contributed by atoms with Crippen molar-refractivity contribution in [3.8, 4) is 11.5 Å². The molecule has 1 heterocycles. The van der Waals surface area contributed by atoms with Crippen LogP contribution in [0.15, 0.2) is 77.6 Å². The Hall–Kier alpha value is -2.81.